The van der Waals surface area contributed by atoms with Gasteiger partial charge in [-0.2, -0.15) is 17.9 Å². The standard InChI is InChI=1S/C12H8F3NO/c13-12(14,15)10-7-4-8-16(17)11(10)9-5-2-1-3-6-9/h1-8H. The molecule has 0 atom stereocenters. The van der Waals surface area contributed by atoms with Crippen LogP contribution in [0.2, 0.25) is 0 Å². The minimum atomic E-state index is -4.54. The van der Waals surface area contributed by atoms with Crippen LogP contribution in [0.25, 0.3) is 11.3 Å². The van der Waals surface area contributed by atoms with Crippen LogP contribution in [0.5, 0.6) is 0 Å². The fraction of sp³-hybridized carbons (Fsp3) is 0.0833. The van der Waals surface area contributed by atoms with E-state index in [9.17, 15) is 18.4 Å². The maximum Gasteiger partial charge on any atom is 0.422 e. The second-order valence-electron chi connectivity index (χ2n) is 3.46. The van der Waals surface area contributed by atoms with E-state index in [4.69, 9.17) is 0 Å². The molecule has 0 amide bonds. The Balaban J connectivity index is 2.69. The van der Waals surface area contributed by atoms with Gasteiger partial charge >= 0.3 is 6.18 Å². The summed E-state index contributed by atoms with van der Waals surface area (Å²) in [5, 5.41) is 11.5. The monoisotopic (exact) mass is 239 g/mol. The summed E-state index contributed by atoms with van der Waals surface area (Å²) in [7, 11) is 0. The molecule has 0 fully saturated rings. The van der Waals surface area contributed by atoms with Crippen molar-refractivity contribution in [3.05, 3.63) is 59.4 Å². The molecule has 5 heteroatoms. The van der Waals surface area contributed by atoms with Crippen LogP contribution in [0, 0.1) is 5.21 Å². The Morgan fingerprint density at radius 1 is 0.941 bits per heavy atom. The third kappa shape index (κ3) is 2.22. The zero-order valence-electron chi connectivity index (χ0n) is 8.61. The summed E-state index contributed by atoms with van der Waals surface area (Å²) in [6.45, 7) is 0. The summed E-state index contributed by atoms with van der Waals surface area (Å²) in [4.78, 5) is 0. The van der Waals surface area contributed by atoms with Crippen molar-refractivity contribution in [1.82, 2.24) is 0 Å². The van der Waals surface area contributed by atoms with Crippen molar-refractivity contribution >= 4 is 0 Å². The van der Waals surface area contributed by atoms with E-state index in [1.807, 2.05) is 0 Å². The van der Waals surface area contributed by atoms with Crippen LogP contribution < -0.4 is 4.73 Å². The van der Waals surface area contributed by atoms with Crippen LogP contribution >= 0.6 is 0 Å². The van der Waals surface area contributed by atoms with Crippen LogP contribution in [-0.4, -0.2) is 0 Å². The first-order valence-electron chi connectivity index (χ1n) is 4.85. The molecule has 88 valence electrons. The fourth-order valence-corrected chi connectivity index (χ4v) is 1.60. The second kappa shape index (κ2) is 4.08. The summed E-state index contributed by atoms with van der Waals surface area (Å²) >= 11 is 0. The quantitative estimate of drug-likeness (QED) is 0.555. The Hall–Kier alpha value is -2.04. The van der Waals surface area contributed by atoms with Crippen LogP contribution in [0.3, 0.4) is 0 Å². The minimum Gasteiger partial charge on any atom is -0.618 e. The SMILES string of the molecule is [O-][n+]1cccc(C(F)(F)F)c1-c1ccccc1. The molecule has 17 heavy (non-hydrogen) atoms. The molecule has 0 aliphatic rings. The van der Waals surface area contributed by atoms with Gasteiger partial charge in [-0.05, 0) is 18.2 Å². The van der Waals surface area contributed by atoms with Crippen LogP contribution in [0.4, 0.5) is 13.2 Å². The lowest BCUT2D eigenvalue weighted by Crippen LogP contribution is -2.31. The molecule has 0 saturated heterocycles. The topological polar surface area (TPSA) is 26.9 Å². The molecule has 0 N–H and O–H groups in total. The Morgan fingerprint density at radius 2 is 1.59 bits per heavy atom. The summed E-state index contributed by atoms with van der Waals surface area (Å²) in [6.07, 6.45) is -3.49. The maximum atomic E-state index is 12.8. The second-order valence-corrected chi connectivity index (χ2v) is 3.46. The van der Waals surface area contributed by atoms with Crippen molar-refractivity contribution in [2.75, 3.05) is 0 Å². The zero-order valence-corrected chi connectivity index (χ0v) is 8.61. The highest BCUT2D eigenvalue weighted by molar-refractivity contribution is 5.60. The highest BCUT2D eigenvalue weighted by Crippen LogP contribution is 2.34. The molecular weight excluding hydrogens is 231 g/mol. The molecule has 0 unspecified atom stereocenters. The van der Waals surface area contributed by atoms with E-state index >= 15 is 0 Å². The van der Waals surface area contributed by atoms with Crippen molar-refractivity contribution in [1.29, 1.82) is 0 Å². The number of nitrogens with zero attached hydrogens (tertiary/aromatic N) is 1. The Bertz CT molecular complexity index is 523. The van der Waals surface area contributed by atoms with E-state index in [1.54, 1.807) is 18.2 Å². The van der Waals surface area contributed by atoms with Crippen molar-refractivity contribution in [3.63, 3.8) is 0 Å². The number of alkyl halides is 3. The number of hydrogen-bond acceptors (Lipinski definition) is 1. The molecule has 1 aromatic carbocycles. The number of rotatable bonds is 1. The lowest BCUT2D eigenvalue weighted by molar-refractivity contribution is -0.594. The van der Waals surface area contributed by atoms with Crippen LogP contribution in [0.1, 0.15) is 5.56 Å². The summed E-state index contributed by atoms with van der Waals surface area (Å²) in [5.74, 6) is 0. The summed E-state index contributed by atoms with van der Waals surface area (Å²) < 4.78 is 38.5. The molecule has 0 aliphatic carbocycles. The zero-order chi connectivity index (χ0) is 12.5. The van der Waals surface area contributed by atoms with E-state index in [0.29, 0.717) is 0 Å². The summed E-state index contributed by atoms with van der Waals surface area (Å²) in [6, 6.07) is 9.77. The first kappa shape index (κ1) is 11.4. The van der Waals surface area contributed by atoms with Gasteiger partial charge in [-0.25, -0.2) is 0 Å². The van der Waals surface area contributed by atoms with Gasteiger partial charge in [-0.3, -0.25) is 0 Å². The van der Waals surface area contributed by atoms with Gasteiger partial charge < -0.3 is 5.21 Å². The van der Waals surface area contributed by atoms with Crippen molar-refractivity contribution in [3.8, 4) is 11.3 Å². The molecule has 2 nitrogen and oxygen atoms in total. The van der Waals surface area contributed by atoms with Gasteiger partial charge in [0, 0.05) is 11.6 Å². The highest BCUT2D eigenvalue weighted by Gasteiger charge is 2.37. The van der Waals surface area contributed by atoms with Crippen molar-refractivity contribution in [2.24, 2.45) is 0 Å². The Kier molecular flexibility index (Phi) is 2.75. The number of aromatic nitrogens is 1. The van der Waals surface area contributed by atoms with Gasteiger partial charge in [-0.15, -0.1) is 0 Å². The molecule has 1 aromatic heterocycles. The van der Waals surface area contributed by atoms with E-state index in [2.05, 4.69) is 0 Å². The molecule has 0 aliphatic heterocycles. The number of pyridine rings is 1. The third-order valence-electron chi connectivity index (χ3n) is 2.31. The molecule has 1 heterocycles. The first-order valence-corrected chi connectivity index (χ1v) is 4.85. The molecule has 0 spiro atoms. The molecule has 2 rings (SSSR count). The average molecular weight is 239 g/mol. The van der Waals surface area contributed by atoms with E-state index in [0.717, 1.165) is 18.3 Å². The number of halogens is 3. The smallest absolute Gasteiger partial charge is 0.422 e. The maximum absolute atomic E-state index is 12.8. The van der Waals surface area contributed by atoms with E-state index in [1.165, 1.54) is 12.1 Å². The molecule has 2 aromatic rings. The fourth-order valence-electron chi connectivity index (χ4n) is 1.60. The predicted molar refractivity (Wildman–Crippen MR) is 55.8 cm³/mol. The van der Waals surface area contributed by atoms with Crippen LogP contribution in [-0.2, 0) is 6.18 Å². The minimum absolute atomic E-state index is 0.234. The number of benzene rings is 1. The van der Waals surface area contributed by atoms with E-state index in [-0.39, 0.29) is 16.0 Å². The van der Waals surface area contributed by atoms with Gasteiger partial charge in [-0.1, -0.05) is 18.2 Å². The van der Waals surface area contributed by atoms with E-state index < -0.39 is 11.7 Å². The normalized spacial score (nSPS) is 11.5. The molecular formula is C12H8F3NO. The summed E-state index contributed by atoms with van der Waals surface area (Å²) in [5.41, 5.74) is -1.06. The van der Waals surface area contributed by atoms with Crippen molar-refractivity contribution < 1.29 is 17.9 Å². The lowest BCUT2D eigenvalue weighted by Gasteiger charge is -2.12. The molecule has 0 bridgehead atoms. The van der Waals surface area contributed by atoms with Crippen molar-refractivity contribution in [2.45, 2.75) is 6.18 Å². The Labute approximate surface area is 95.5 Å². The molecule has 0 saturated carbocycles. The first-order chi connectivity index (χ1) is 8.00. The van der Waals surface area contributed by atoms with Gasteiger partial charge in [0.1, 0.15) is 5.56 Å². The number of hydrogen-bond donors (Lipinski definition) is 0. The lowest BCUT2D eigenvalue weighted by atomic mass is 10.1. The Morgan fingerprint density at radius 3 is 2.18 bits per heavy atom. The van der Waals surface area contributed by atoms with Gasteiger partial charge in [0.15, 0.2) is 6.20 Å². The largest absolute Gasteiger partial charge is 0.618 e. The predicted octanol–water partition coefficient (Wildman–Crippen LogP) is 3.01. The van der Waals surface area contributed by atoms with Gasteiger partial charge in [0.05, 0.1) is 0 Å². The molecule has 0 radical (unpaired) electrons. The average Bonchev–Trinajstić information content (AvgIpc) is 2.28. The van der Waals surface area contributed by atoms with Crippen LogP contribution in [0.15, 0.2) is 48.7 Å². The van der Waals surface area contributed by atoms with Gasteiger partial charge in [0.25, 0.3) is 0 Å². The highest BCUT2D eigenvalue weighted by atomic mass is 19.4. The van der Waals surface area contributed by atoms with Gasteiger partial charge in [0.2, 0.25) is 5.69 Å². The third-order valence-corrected chi connectivity index (χ3v) is 2.31.